The van der Waals surface area contributed by atoms with E-state index in [-0.39, 0.29) is 27.8 Å². The molecule has 4 aromatic carbocycles. The normalized spacial score (nSPS) is 13.9. The van der Waals surface area contributed by atoms with Crippen LogP contribution in [0.2, 0.25) is 5.02 Å². The van der Waals surface area contributed by atoms with Crippen molar-refractivity contribution in [2.24, 2.45) is 0 Å². The third kappa shape index (κ3) is 7.25. The average molecular weight is 615 g/mol. The predicted molar refractivity (Wildman–Crippen MR) is 168 cm³/mol. The second-order valence-corrected chi connectivity index (χ2v) is 11.0. The third-order valence-corrected chi connectivity index (χ3v) is 7.77. The van der Waals surface area contributed by atoms with E-state index in [2.05, 4.69) is 23.5 Å². The number of imide groups is 1. The van der Waals surface area contributed by atoms with Crippen LogP contribution in [0.3, 0.4) is 0 Å². The molecule has 1 N–H and O–H groups in total. The van der Waals surface area contributed by atoms with Gasteiger partial charge in [0.25, 0.3) is 11.1 Å². The number of thioether (sulfide) groups is 1. The summed E-state index contributed by atoms with van der Waals surface area (Å²) in [6, 6.07) is 25.8. The molecule has 1 heterocycles. The molecule has 8 nitrogen and oxygen atoms in total. The van der Waals surface area contributed by atoms with E-state index in [0.717, 1.165) is 33.0 Å². The van der Waals surface area contributed by atoms with Gasteiger partial charge in [0.1, 0.15) is 18.9 Å². The van der Waals surface area contributed by atoms with E-state index in [1.807, 2.05) is 31.2 Å². The lowest BCUT2D eigenvalue weighted by Gasteiger charge is -2.13. The molecular weight excluding hydrogens is 588 g/mol. The lowest BCUT2D eigenvalue weighted by Crippen LogP contribution is -2.36. The Hall–Kier alpha value is -4.60. The standard InChI is InChI=1S/C33H27ClN2O6S/c1-2-16-41-32(39)27-18-24(12-15-28(27)34)35-30(37)19-36-31(38)29(43-33(36)40)17-21-10-13-25(14-11-21)42-20-23-8-5-7-22-6-3-4-9-26(22)23/h3-15,17-18H,2,16,19-20H2,1H3,(H,35,37)/b29-17+. The minimum atomic E-state index is -0.608. The Labute approximate surface area is 257 Å². The molecular formula is C33H27ClN2O6S. The quantitative estimate of drug-likeness (QED) is 0.148. The minimum Gasteiger partial charge on any atom is -0.489 e. The first-order valence-corrected chi connectivity index (χ1v) is 14.7. The molecule has 1 aliphatic heterocycles. The smallest absolute Gasteiger partial charge is 0.339 e. The number of rotatable bonds is 10. The average Bonchev–Trinajstić information content (AvgIpc) is 3.27. The van der Waals surface area contributed by atoms with Crippen LogP contribution >= 0.6 is 23.4 Å². The van der Waals surface area contributed by atoms with Crippen LogP contribution < -0.4 is 10.1 Å². The molecule has 5 rings (SSSR count). The largest absolute Gasteiger partial charge is 0.489 e. The van der Waals surface area contributed by atoms with Crippen LogP contribution in [0, 0.1) is 0 Å². The number of esters is 1. The Bertz CT molecular complexity index is 1730. The highest BCUT2D eigenvalue weighted by atomic mass is 35.5. The Morgan fingerprint density at radius 1 is 0.977 bits per heavy atom. The topological polar surface area (TPSA) is 102 Å². The van der Waals surface area contributed by atoms with Crippen molar-refractivity contribution in [1.82, 2.24) is 4.90 Å². The van der Waals surface area contributed by atoms with Crippen LogP contribution in [0.25, 0.3) is 16.8 Å². The highest BCUT2D eigenvalue weighted by molar-refractivity contribution is 8.18. The zero-order chi connectivity index (χ0) is 30.3. The summed E-state index contributed by atoms with van der Waals surface area (Å²) in [5.41, 5.74) is 2.16. The maximum absolute atomic E-state index is 13.0. The van der Waals surface area contributed by atoms with Crippen molar-refractivity contribution < 1.29 is 28.7 Å². The summed E-state index contributed by atoms with van der Waals surface area (Å²) in [7, 11) is 0. The van der Waals surface area contributed by atoms with Crippen molar-refractivity contribution >= 4 is 68.9 Å². The van der Waals surface area contributed by atoms with Crippen molar-refractivity contribution in [3.05, 3.63) is 112 Å². The Balaban J connectivity index is 1.19. The number of benzene rings is 4. The van der Waals surface area contributed by atoms with Gasteiger partial charge in [-0.25, -0.2) is 4.79 Å². The summed E-state index contributed by atoms with van der Waals surface area (Å²) < 4.78 is 11.1. The van der Waals surface area contributed by atoms with E-state index in [9.17, 15) is 19.2 Å². The maximum atomic E-state index is 13.0. The third-order valence-electron chi connectivity index (χ3n) is 6.53. The number of carbonyl (C=O) groups excluding carboxylic acids is 4. The SMILES string of the molecule is CCCOC(=O)c1cc(NC(=O)CN2C(=O)S/C(=C/c3ccc(OCc4cccc5ccccc45)cc3)C2=O)ccc1Cl. The number of anilines is 1. The van der Waals surface area contributed by atoms with E-state index in [1.54, 1.807) is 30.3 Å². The Kier molecular flexibility index (Phi) is 9.44. The van der Waals surface area contributed by atoms with Gasteiger partial charge in [0, 0.05) is 5.69 Å². The van der Waals surface area contributed by atoms with Gasteiger partial charge < -0.3 is 14.8 Å². The van der Waals surface area contributed by atoms with Gasteiger partial charge in [-0.05, 0) is 76.5 Å². The summed E-state index contributed by atoms with van der Waals surface area (Å²) in [5, 5.41) is 4.51. The van der Waals surface area contributed by atoms with Gasteiger partial charge in [0.2, 0.25) is 5.91 Å². The molecule has 10 heteroatoms. The molecule has 0 radical (unpaired) electrons. The first-order valence-electron chi connectivity index (χ1n) is 13.5. The van der Waals surface area contributed by atoms with E-state index in [4.69, 9.17) is 21.1 Å². The molecule has 0 spiro atoms. The molecule has 218 valence electrons. The molecule has 1 fully saturated rings. The van der Waals surface area contributed by atoms with Gasteiger partial charge in [0.05, 0.1) is 22.1 Å². The van der Waals surface area contributed by atoms with Gasteiger partial charge in [-0.2, -0.15) is 0 Å². The monoisotopic (exact) mass is 614 g/mol. The highest BCUT2D eigenvalue weighted by Crippen LogP contribution is 2.32. The Morgan fingerprint density at radius 2 is 1.74 bits per heavy atom. The first-order chi connectivity index (χ1) is 20.8. The van der Waals surface area contributed by atoms with E-state index < -0.39 is 29.6 Å². The second kappa shape index (κ2) is 13.6. The highest BCUT2D eigenvalue weighted by Gasteiger charge is 2.36. The summed E-state index contributed by atoms with van der Waals surface area (Å²) in [5.74, 6) is -1.12. The van der Waals surface area contributed by atoms with Crippen molar-refractivity contribution in [2.45, 2.75) is 20.0 Å². The number of nitrogens with zero attached hydrogens (tertiary/aromatic N) is 1. The van der Waals surface area contributed by atoms with Crippen LogP contribution in [-0.4, -0.2) is 41.1 Å². The molecule has 0 saturated carbocycles. The molecule has 0 atom stereocenters. The first kappa shape index (κ1) is 29.9. The van der Waals surface area contributed by atoms with Crippen LogP contribution in [0.5, 0.6) is 5.75 Å². The molecule has 3 amide bonds. The number of fused-ring (bicyclic) bond motifs is 1. The Morgan fingerprint density at radius 3 is 2.53 bits per heavy atom. The fraction of sp³-hybridized carbons (Fsp3) is 0.152. The molecule has 0 unspecified atom stereocenters. The van der Waals surface area contributed by atoms with E-state index >= 15 is 0 Å². The summed E-state index contributed by atoms with van der Waals surface area (Å²) in [6.07, 6.45) is 2.25. The number of amides is 3. The van der Waals surface area contributed by atoms with Crippen molar-refractivity contribution in [3.8, 4) is 5.75 Å². The van der Waals surface area contributed by atoms with Gasteiger partial charge in [-0.3, -0.25) is 19.3 Å². The van der Waals surface area contributed by atoms with Crippen LogP contribution in [0.4, 0.5) is 10.5 Å². The zero-order valence-electron chi connectivity index (χ0n) is 23.2. The van der Waals surface area contributed by atoms with Gasteiger partial charge >= 0.3 is 5.97 Å². The summed E-state index contributed by atoms with van der Waals surface area (Å²) in [4.78, 5) is 51.5. The molecule has 4 aromatic rings. The van der Waals surface area contributed by atoms with Gasteiger partial charge in [-0.15, -0.1) is 0 Å². The van der Waals surface area contributed by atoms with Crippen LogP contribution in [-0.2, 0) is 20.9 Å². The second-order valence-electron chi connectivity index (χ2n) is 9.64. The lowest BCUT2D eigenvalue weighted by atomic mass is 10.1. The predicted octanol–water partition coefficient (Wildman–Crippen LogP) is 7.31. The number of hydrogen-bond donors (Lipinski definition) is 1. The molecule has 1 saturated heterocycles. The maximum Gasteiger partial charge on any atom is 0.339 e. The van der Waals surface area contributed by atoms with Crippen molar-refractivity contribution in [1.29, 1.82) is 0 Å². The van der Waals surface area contributed by atoms with Crippen molar-refractivity contribution in [2.75, 3.05) is 18.5 Å². The fourth-order valence-electron chi connectivity index (χ4n) is 4.40. The van der Waals surface area contributed by atoms with Gasteiger partial charge in [0.15, 0.2) is 0 Å². The number of carbonyl (C=O) groups is 4. The molecule has 1 aliphatic rings. The minimum absolute atomic E-state index is 0.104. The fourth-order valence-corrected chi connectivity index (χ4v) is 5.44. The summed E-state index contributed by atoms with van der Waals surface area (Å²) in [6.45, 7) is 2.02. The number of hydrogen-bond acceptors (Lipinski definition) is 7. The molecule has 43 heavy (non-hydrogen) atoms. The lowest BCUT2D eigenvalue weighted by molar-refractivity contribution is -0.127. The van der Waals surface area contributed by atoms with E-state index in [1.165, 1.54) is 18.2 Å². The van der Waals surface area contributed by atoms with Crippen molar-refractivity contribution in [3.63, 3.8) is 0 Å². The summed E-state index contributed by atoms with van der Waals surface area (Å²) >= 11 is 6.87. The van der Waals surface area contributed by atoms with E-state index in [0.29, 0.717) is 24.3 Å². The number of ether oxygens (including phenoxy) is 2. The van der Waals surface area contributed by atoms with Gasteiger partial charge in [-0.1, -0.05) is 73.1 Å². The van der Waals surface area contributed by atoms with Crippen LogP contribution in [0.15, 0.2) is 89.8 Å². The number of nitrogens with one attached hydrogen (secondary N) is 1. The number of halogens is 1. The molecule has 0 bridgehead atoms. The zero-order valence-corrected chi connectivity index (χ0v) is 24.7. The molecule has 0 aliphatic carbocycles. The van der Waals surface area contributed by atoms with Crippen LogP contribution in [0.1, 0.15) is 34.8 Å². The molecule has 0 aromatic heterocycles.